The largest absolute Gasteiger partial charge is 0.345 e. The van der Waals surface area contributed by atoms with Gasteiger partial charge in [0.25, 0.3) is 0 Å². The van der Waals surface area contributed by atoms with Crippen LogP contribution < -0.4 is 0 Å². The zero-order valence-electron chi connectivity index (χ0n) is 12.3. The summed E-state index contributed by atoms with van der Waals surface area (Å²) in [4.78, 5) is 25.3. The molecule has 1 aromatic carbocycles. The molecule has 0 bridgehead atoms. The zero-order valence-corrected chi connectivity index (χ0v) is 12.3. The molecule has 0 spiro atoms. The topological polar surface area (TPSA) is 61.2 Å². The Morgan fingerprint density at radius 3 is 2.50 bits per heavy atom. The number of nitriles is 1. The highest BCUT2D eigenvalue weighted by Gasteiger charge is 2.12. The van der Waals surface area contributed by atoms with Crippen molar-refractivity contribution >= 4 is 11.7 Å². The number of hydrogen-bond acceptors (Lipinski definition) is 3. The highest BCUT2D eigenvalue weighted by molar-refractivity contribution is 5.98. The van der Waals surface area contributed by atoms with E-state index in [0.29, 0.717) is 18.5 Å². The average molecular weight is 272 g/mol. The monoisotopic (exact) mass is 272 g/mol. The molecule has 1 aromatic rings. The van der Waals surface area contributed by atoms with Gasteiger partial charge in [0.1, 0.15) is 0 Å². The van der Waals surface area contributed by atoms with Gasteiger partial charge in [-0.25, -0.2) is 0 Å². The number of hydrogen-bond donors (Lipinski definition) is 0. The molecule has 0 aliphatic rings. The van der Waals surface area contributed by atoms with Crippen LogP contribution in [-0.4, -0.2) is 30.2 Å². The van der Waals surface area contributed by atoms with Gasteiger partial charge in [-0.2, -0.15) is 5.26 Å². The molecule has 4 nitrogen and oxygen atoms in total. The summed E-state index contributed by atoms with van der Waals surface area (Å²) in [7, 11) is 1.65. The van der Waals surface area contributed by atoms with E-state index in [9.17, 15) is 9.59 Å². The van der Waals surface area contributed by atoms with Gasteiger partial charge in [0, 0.05) is 32.0 Å². The van der Waals surface area contributed by atoms with Crippen LogP contribution in [-0.2, 0) is 4.79 Å². The predicted octanol–water partition coefficient (Wildman–Crippen LogP) is 2.64. The van der Waals surface area contributed by atoms with Crippen LogP contribution in [0, 0.1) is 25.2 Å². The van der Waals surface area contributed by atoms with E-state index in [1.807, 2.05) is 32.0 Å². The third-order valence-electron chi connectivity index (χ3n) is 3.38. The number of carbonyl (C=O) groups excluding carboxylic acids is 2. The first-order chi connectivity index (χ1) is 9.45. The standard InChI is InChI=1S/C16H20N2O2/c1-12-5-6-14(11-13(12)2)15(19)7-8-16(20)18(3)10-4-9-17/h5-6,11H,4,7-8,10H2,1-3H3. The average Bonchev–Trinajstić information content (AvgIpc) is 2.44. The second-order valence-electron chi connectivity index (χ2n) is 4.95. The molecule has 4 heteroatoms. The number of ketones is 1. The fourth-order valence-electron chi connectivity index (χ4n) is 1.81. The van der Waals surface area contributed by atoms with Crippen LogP contribution in [0.3, 0.4) is 0 Å². The Balaban J connectivity index is 2.53. The van der Waals surface area contributed by atoms with E-state index in [0.717, 1.165) is 11.1 Å². The van der Waals surface area contributed by atoms with Crippen molar-refractivity contribution in [2.75, 3.05) is 13.6 Å². The van der Waals surface area contributed by atoms with Gasteiger partial charge < -0.3 is 4.90 Å². The fraction of sp³-hybridized carbons (Fsp3) is 0.438. The normalized spacial score (nSPS) is 9.90. The molecule has 0 aliphatic carbocycles. The number of benzene rings is 1. The molecule has 106 valence electrons. The number of carbonyl (C=O) groups is 2. The highest BCUT2D eigenvalue weighted by atomic mass is 16.2. The molecule has 0 radical (unpaired) electrons. The van der Waals surface area contributed by atoms with E-state index < -0.39 is 0 Å². The molecule has 0 N–H and O–H groups in total. The van der Waals surface area contributed by atoms with Crippen LogP contribution in [0.15, 0.2) is 18.2 Å². The molecule has 0 unspecified atom stereocenters. The molecule has 20 heavy (non-hydrogen) atoms. The summed E-state index contributed by atoms with van der Waals surface area (Å²) in [6, 6.07) is 7.58. The lowest BCUT2D eigenvalue weighted by Gasteiger charge is -2.15. The Bertz CT molecular complexity index is 544. The number of nitrogens with zero attached hydrogens (tertiary/aromatic N) is 2. The summed E-state index contributed by atoms with van der Waals surface area (Å²) in [6.45, 7) is 4.37. The molecule has 0 heterocycles. The Morgan fingerprint density at radius 1 is 1.20 bits per heavy atom. The van der Waals surface area contributed by atoms with Crippen LogP contribution in [0.25, 0.3) is 0 Å². The van der Waals surface area contributed by atoms with Crippen LogP contribution >= 0.6 is 0 Å². The van der Waals surface area contributed by atoms with E-state index in [-0.39, 0.29) is 24.5 Å². The van der Waals surface area contributed by atoms with Gasteiger partial charge in [-0.1, -0.05) is 12.1 Å². The van der Waals surface area contributed by atoms with Crippen molar-refractivity contribution in [1.29, 1.82) is 5.26 Å². The van der Waals surface area contributed by atoms with Crippen LogP contribution in [0.1, 0.15) is 40.7 Å². The molecule has 0 fully saturated rings. The van der Waals surface area contributed by atoms with Crippen molar-refractivity contribution in [2.45, 2.75) is 33.1 Å². The van der Waals surface area contributed by atoms with Gasteiger partial charge in [0.05, 0.1) is 12.5 Å². The maximum Gasteiger partial charge on any atom is 0.222 e. The number of Topliss-reactive ketones (excluding diaryl/α,β-unsaturated/α-hetero) is 1. The van der Waals surface area contributed by atoms with Gasteiger partial charge in [0.15, 0.2) is 5.78 Å². The lowest BCUT2D eigenvalue weighted by Crippen LogP contribution is -2.27. The smallest absolute Gasteiger partial charge is 0.222 e. The minimum Gasteiger partial charge on any atom is -0.345 e. The molecule has 0 saturated carbocycles. The van der Waals surface area contributed by atoms with E-state index in [2.05, 4.69) is 0 Å². The van der Waals surface area contributed by atoms with Gasteiger partial charge in [-0.3, -0.25) is 9.59 Å². The molecular formula is C16H20N2O2. The molecule has 1 amide bonds. The van der Waals surface area contributed by atoms with Crippen molar-refractivity contribution in [1.82, 2.24) is 4.90 Å². The third-order valence-corrected chi connectivity index (χ3v) is 3.38. The molecule has 1 rings (SSSR count). The zero-order chi connectivity index (χ0) is 15.1. The van der Waals surface area contributed by atoms with Crippen LogP contribution in [0.5, 0.6) is 0 Å². The Labute approximate surface area is 120 Å². The summed E-state index contributed by atoms with van der Waals surface area (Å²) in [6.07, 6.45) is 0.708. The van der Waals surface area contributed by atoms with E-state index in [1.54, 1.807) is 13.1 Å². The number of aryl methyl sites for hydroxylation is 2. The maximum absolute atomic E-state index is 12.0. The first kappa shape index (κ1) is 15.9. The Morgan fingerprint density at radius 2 is 1.90 bits per heavy atom. The SMILES string of the molecule is Cc1ccc(C(=O)CCC(=O)N(C)CCC#N)cc1C. The van der Waals surface area contributed by atoms with Crippen LogP contribution in [0.2, 0.25) is 0 Å². The Kier molecular flexibility index (Phi) is 5.92. The van der Waals surface area contributed by atoms with Crippen molar-refractivity contribution < 1.29 is 9.59 Å². The number of amides is 1. The minimum atomic E-state index is -0.0996. The van der Waals surface area contributed by atoms with Crippen molar-refractivity contribution in [3.8, 4) is 6.07 Å². The minimum absolute atomic E-state index is 0.0184. The molecule has 0 saturated heterocycles. The summed E-state index contributed by atoms with van der Waals surface area (Å²) in [5.41, 5.74) is 2.88. The first-order valence-corrected chi connectivity index (χ1v) is 6.67. The van der Waals surface area contributed by atoms with E-state index in [1.165, 1.54) is 4.90 Å². The quantitative estimate of drug-likeness (QED) is 0.748. The lowest BCUT2D eigenvalue weighted by atomic mass is 10.0. The highest BCUT2D eigenvalue weighted by Crippen LogP contribution is 2.12. The summed E-state index contributed by atoms with van der Waals surface area (Å²) >= 11 is 0. The first-order valence-electron chi connectivity index (χ1n) is 6.67. The maximum atomic E-state index is 12.0. The molecular weight excluding hydrogens is 252 g/mol. The summed E-state index contributed by atoms with van der Waals surface area (Å²) < 4.78 is 0. The van der Waals surface area contributed by atoms with Crippen molar-refractivity contribution in [3.63, 3.8) is 0 Å². The van der Waals surface area contributed by atoms with Crippen LogP contribution in [0.4, 0.5) is 0 Å². The summed E-state index contributed by atoms with van der Waals surface area (Å²) in [5, 5.41) is 8.47. The van der Waals surface area contributed by atoms with Crippen molar-refractivity contribution in [3.05, 3.63) is 34.9 Å². The van der Waals surface area contributed by atoms with E-state index >= 15 is 0 Å². The number of rotatable bonds is 6. The predicted molar refractivity (Wildman–Crippen MR) is 77.3 cm³/mol. The van der Waals surface area contributed by atoms with E-state index in [4.69, 9.17) is 5.26 Å². The fourth-order valence-corrected chi connectivity index (χ4v) is 1.81. The summed E-state index contributed by atoms with van der Waals surface area (Å²) in [5.74, 6) is -0.118. The van der Waals surface area contributed by atoms with Gasteiger partial charge in [0.2, 0.25) is 5.91 Å². The lowest BCUT2D eigenvalue weighted by molar-refractivity contribution is -0.129. The molecule has 0 aliphatic heterocycles. The second kappa shape index (κ2) is 7.44. The van der Waals surface area contributed by atoms with Gasteiger partial charge in [-0.15, -0.1) is 0 Å². The molecule has 0 aromatic heterocycles. The second-order valence-corrected chi connectivity index (χ2v) is 4.95. The van der Waals surface area contributed by atoms with Gasteiger partial charge in [-0.05, 0) is 31.0 Å². The Hall–Kier alpha value is -2.15. The van der Waals surface area contributed by atoms with Gasteiger partial charge >= 0.3 is 0 Å². The van der Waals surface area contributed by atoms with Crippen molar-refractivity contribution in [2.24, 2.45) is 0 Å². The third kappa shape index (κ3) is 4.51. The molecule has 0 atom stereocenters.